The van der Waals surface area contributed by atoms with Crippen LogP contribution in [0, 0.1) is 0 Å². The highest BCUT2D eigenvalue weighted by Gasteiger charge is 2.10. The zero-order chi connectivity index (χ0) is 13.2. The first-order chi connectivity index (χ1) is 8.77. The molecule has 2 N–H and O–H groups in total. The second kappa shape index (κ2) is 8.98. The molecule has 0 amide bonds. The lowest BCUT2D eigenvalue weighted by molar-refractivity contribution is 0.554. The Bertz CT molecular complexity index is 297. The average Bonchev–Trinajstić information content (AvgIpc) is 2.42. The largest absolute Gasteiger partial charge is 0.370 e. The molecule has 1 unspecified atom stereocenters. The SMILES string of the molecule is CCCCC(N)CN(CCCC)c1ccccc1. The monoisotopic (exact) mass is 248 g/mol. The van der Waals surface area contributed by atoms with Gasteiger partial charge in [0.25, 0.3) is 0 Å². The highest BCUT2D eigenvalue weighted by atomic mass is 15.1. The van der Waals surface area contributed by atoms with Crippen LogP contribution in [0.15, 0.2) is 30.3 Å². The first-order valence-corrected chi connectivity index (χ1v) is 7.33. The Morgan fingerprint density at radius 3 is 2.33 bits per heavy atom. The molecule has 1 aromatic carbocycles. The van der Waals surface area contributed by atoms with Crippen LogP contribution >= 0.6 is 0 Å². The lowest BCUT2D eigenvalue weighted by Gasteiger charge is -2.28. The minimum Gasteiger partial charge on any atom is -0.370 e. The van der Waals surface area contributed by atoms with Crippen molar-refractivity contribution in [1.82, 2.24) is 0 Å². The van der Waals surface area contributed by atoms with E-state index >= 15 is 0 Å². The zero-order valence-electron chi connectivity index (χ0n) is 11.9. The van der Waals surface area contributed by atoms with Gasteiger partial charge in [0.2, 0.25) is 0 Å². The Morgan fingerprint density at radius 2 is 1.72 bits per heavy atom. The molecule has 0 aliphatic rings. The summed E-state index contributed by atoms with van der Waals surface area (Å²) < 4.78 is 0. The van der Waals surface area contributed by atoms with Crippen LogP contribution < -0.4 is 10.6 Å². The van der Waals surface area contributed by atoms with Crippen LogP contribution in [-0.4, -0.2) is 19.1 Å². The van der Waals surface area contributed by atoms with Crippen LogP contribution in [0.5, 0.6) is 0 Å². The van der Waals surface area contributed by atoms with Crippen molar-refractivity contribution in [1.29, 1.82) is 0 Å². The van der Waals surface area contributed by atoms with Crippen molar-refractivity contribution < 1.29 is 0 Å². The van der Waals surface area contributed by atoms with Gasteiger partial charge in [0.1, 0.15) is 0 Å². The van der Waals surface area contributed by atoms with E-state index in [2.05, 4.69) is 49.1 Å². The summed E-state index contributed by atoms with van der Waals surface area (Å²) in [5.74, 6) is 0. The summed E-state index contributed by atoms with van der Waals surface area (Å²) in [6.45, 7) is 6.54. The number of nitrogens with two attached hydrogens (primary N) is 1. The molecule has 0 spiro atoms. The minimum absolute atomic E-state index is 0.294. The quantitative estimate of drug-likeness (QED) is 0.720. The Kier molecular flexibility index (Phi) is 7.51. The predicted octanol–water partition coefficient (Wildman–Crippen LogP) is 3.81. The minimum atomic E-state index is 0.294. The van der Waals surface area contributed by atoms with Crippen LogP contribution in [0.4, 0.5) is 5.69 Å². The lowest BCUT2D eigenvalue weighted by Crippen LogP contribution is -2.38. The van der Waals surface area contributed by atoms with Crippen molar-refractivity contribution in [2.75, 3.05) is 18.0 Å². The van der Waals surface area contributed by atoms with Crippen molar-refractivity contribution in [2.45, 2.75) is 52.0 Å². The molecule has 0 bridgehead atoms. The summed E-state index contributed by atoms with van der Waals surface area (Å²) >= 11 is 0. The third-order valence-electron chi connectivity index (χ3n) is 3.29. The van der Waals surface area contributed by atoms with E-state index in [0.29, 0.717) is 6.04 Å². The van der Waals surface area contributed by atoms with Gasteiger partial charge in [-0.2, -0.15) is 0 Å². The van der Waals surface area contributed by atoms with E-state index in [9.17, 15) is 0 Å². The Balaban J connectivity index is 2.55. The van der Waals surface area contributed by atoms with Gasteiger partial charge >= 0.3 is 0 Å². The number of para-hydroxylation sites is 1. The van der Waals surface area contributed by atoms with Crippen LogP contribution in [0.3, 0.4) is 0 Å². The van der Waals surface area contributed by atoms with Gasteiger partial charge in [-0.3, -0.25) is 0 Å². The molecule has 0 aromatic heterocycles. The molecule has 1 rings (SSSR count). The average molecular weight is 248 g/mol. The second-order valence-corrected chi connectivity index (χ2v) is 5.04. The molecule has 2 heteroatoms. The lowest BCUT2D eigenvalue weighted by atomic mass is 10.1. The van der Waals surface area contributed by atoms with Gasteiger partial charge in [0.15, 0.2) is 0 Å². The van der Waals surface area contributed by atoms with E-state index in [4.69, 9.17) is 5.73 Å². The fraction of sp³-hybridized carbons (Fsp3) is 0.625. The van der Waals surface area contributed by atoms with Crippen LogP contribution in [0.25, 0.3) is 0 Å². The predicted molar refractivity (Wildman–Crippen MR) is 81.1 cm³/mol. The Hall–Kier alpha value is -1.02. The number of benzene rings is 1. The van der Waals surface area contributed by atoms with Gasteiger partial charge in [-0.05, 0) is 25.0 Å². The second-order valence-electron chi connectivity index (χ2n) is 5.04. The van der Waals surface area contributed by atoms with E-state index in [-0.39, 0.29) is 0 Å². The topological polar surface area (TPSA) is 29.3 Å². The molecule has 0 aliphatic carbocycles. The fourth-order valence-corrected chi connectivity index (χ4v) is 2.15. The maximum absolute atomic E-state index is 6.23. The van der Waals surface area contributed by atoms with Crippen molar-refractivity contribution in [3.8, 4) is 0 Å². The molecule has 18 heavy (non-hydrogen) atoms. The van der Waals surface area contributed by atoms with Gasteiger partial charge in [-0.1, -0.05) is 51.3 Å². The van der Waals surface area contributed by atoms with E-state index in [1.54, 1.807) is 0 Å². The fourth-order valence-electron chi connectivity index (χ4n) is 2.15. The van der Waals surface area contributed by atoms with Gasteiger partial charge in [0.05, 0.1) is 0 Å². The number of hydrogen-bond donors (Lipinski definition) is 1. The molecule has 2 nitrogen and oxygen atoms in total. The third kappa shape index (κ3) is 5.54. The van der Waals surface area contributed by atoms with Gasteiger partial charge in [-0.25, -0.2) is 0 Å². The summed E-state index contributed by atoms with van der Waals surface area (Å²) in [4.78, 5) is 2.43. The molecule has 1 atom stereocenters. The molecule has 0 radical (unpaired) electrons. The maximum atomic E-state index is 6.23. The van der Waals surface area contributed by atoms with Crippen LogP contribution in [-0.2, 0) is 0 Å². The number of nitrogens with zero attached hydrogens (tertiary/aromatic N) is 1. The van der Waals surface area contributed by atoms with Gasteiger partial charge in [-0.15, -0.1) is 0 Å². The number of unbranched alkanes of at least 4 members (excludes halogenated alkanes) is 2. The Morgan fingerprint density at radius 1 is 1.06 bits per heavy atom. The first-order valence-electron chi connectivity index (χ1n) is 7.33. The maximum Gasteiger partial charge on any atom is 0.0366 e. The molecule has 102 valence electrons. The molecular formula is C16H28N2. The molecule has 1 aromatic rings. The number of rotatable bonds is 9. The summed E-state index contributed by atoms with van der Waals surface area (Å²) in [5.41, 5.74) is 7.53. The normalized spacial score (nSPS) is 12.4. The van der Waals surface area contributed by atoms with Crippen molar-refractivity contribution in [2.24, 2.45) is 5.73 Å². The van der Waals surface area contributed by atoms with E-state index in [0.717, 1.165) is 19.5 Å². The van der Waals surface area contributed by atoms with Gasteiger partial charge in [0, 0.05) is 24.8 Å². The molecule has 0 heterocycles. The summed E-state index contributed by atoms with van der Waals surface area (Å²) in [6, 6.07) is 10.9. The first kappa shape index (κ1) is 15.0. The van der Waals surface area contributed by atoms with E-state index in [1.165, 1.54) is 31.4 Å². The number of anilines is 1. The van der Waals surface area contributed by atoms with Gasteiger partial charge < -0.3 is 10.6 Å². The molecular weight excluding hydrogens is 220 g/mol. The van der Waals surface area contributed by atoms with E-state index < -0.39 is 0 Å². The molecule has 0 saturated carbocycles. The number of hydrogen-bond acceptors (Lipinski definition) is 2. The highest BCUT2D eigenvalue weighted by Crippen LogP contribution is 2.15. The smallest absolute Gasteiger partial charge is 0.0366 e. The zero-order valence-corrected chi connectivity index (χ0v) is 11.9. The van der Waals surface area contributed by atoms with Crippen LogP contribution in [0.2, 0.25) is 0 Å². The Labute approximate surface area is 112 Å². The van der Waals surface area contributed by atoms with Crippen molar-refractivity contribution in [3.63, 3.8) is 0 Å². The third-order valence-corrected chi connectivity index (χ3v) is 3.29. The van der Waals surface area contributed by atoms with Crippen LogP contribution in [0.1, 0.15) is 46.0 Å². The van der Waals surface area contributed by atoms with Crippen molar-refractivity contribution >= 4 is 5.69 Å². The molecule has 0 fully saturated rings. The molecule has 0 aliphatic heterocycles. The standard InChI is InChI=1S/C16H28N2/c1-3-5-10-15(17)14-18(13-6-4-2)16-11-8-7-9-12-16/h7-9,11-12,15H,3-6,10,13-14,17H2,1-2H3. The van der Waals surface area contributed by atoms with Crippen molar-refractivity contribution in [3.05, 3.63) is 30.3 Å². The molecule has 0 saturated heterocycles. The highest BCUT2D eigenvalue weighted by molar-refractivity contribution is 5.46. The summed E-state index contributed by atoms with van der Waals surface area (Å²) in [7, 11) is 0. The summed E-state index contributed by atoms with van der Waals surface area (Å²) in [5, 5.41) is 0. The van der Waals surface area contributed by atoms with E-state index in [1.807, 2.05) is 0 Å². The summed E-state index contributed by atoms with van der Waals surface area (Å²) in [6.07, 6.45) is 6.06.